The Morgan fingerprint density at radius 3 is 2.62 bits per heavy atom. The van der Waals surface area contributed by atoms with Crippen molar-refractivity contribution >= 4 is 11.9 Å². The predicted molar refractivity (Wildman–Crippen MR) is 130 cm³/mol. The number of ether oxygens (including phenoxy) is 1. The molecule has 0 aromatic heterocycles. The lowest BCUT2D eigenvalue weighted by Gasteiger charge is -2.40. The molecule has 34 heavy (non-hydrogen) atoms. The van der Waals surface area contributed by atoms with Crippen molar-refractivity contribution in [2.45, 2.75) is 85.0 Å². The molecule has 3 rings (SSSR count). The summed E-state index contributed by atoms with van der Waals surface area (Å²) >= 11 is 0. The lowest BCUT2D eigenvalue weighted by atomic mass is 9.84. The number of rotatable bonds is 9. The Morgan fingerprint density at radius 2 is 1.97 bits per heavy atom. The van der Waals surface area contributed by atoms with Gasteiger partial charge >= 0.3 is 5.97 Å². The molecule has 186 valence electrons. The van der Waals surface area contributed by atoms with E-state index in [0.29, 0.717) is 28.9 Å². The average molecular weight is 472 g/mol. The Labute approximate surface area is 201 Å². The largest absolute Gasteiger partial charge is 0.508 e. The monoisotopic (exact) mass is 471 g/mol. The summed E-state index contributed by atoms with van der Waals surface area (Å²) in [5, 5.41) is 30.7. The van der Waals surface area contributed by atoms with Gasteiger partial charge in [-0.3, -0.25) is 9.59 Å². The fraction of sp³-hybridized carbons (Fsp3) is 0.556. The zero-order valence-corrected chi connectivity index (χ0v) is 20.9. The first-order valence-corrected chi connectivity index (χ1v) is 12.0. The van der Waals surface area contributed by atoms with E-state index in [1.165, 1.54) is 22.1 Å². The molecule has 1 aromatic carbocycles. The Kier molecular flexibility index (Phi) is 7.76. The lowest BCUT2D eigenvalue weighted by molar-refractivity contribution is -0.141. The topological polar surface area (TPSA) is 107 Å². The average Bonchev–Trinajstić information content (AvgIpc) is 3.05. The van der Waals surface area contributed by atoms with E-state index in [1.807, 2.05) is 6.92 Å². The van der Waals surface area contributed by atoms with Crippen LogP contribution in [0.5, 0.6) is 11.5 Å². The van der Waals surface area contributed by atoms with Crippen LogP contribution in [0.1, 0.15) is 81.8 Å². The molecule has 7 heteroatoms. The normalized spacial score (nSPS) is 22.6. The van der Waals surface area contributed by atoms with Crippen molar-refractivity contribution in [2.75, 3.05) is 6.54 Å². The minimum absolute atomic E-state index is 0.0775. The van der Waals surface area contributed by atoms with Crippen LogP contribution in [0.15, 0.2) is 29.4 Å². The molecule has 3 atom stereocenters. The van der Waals surface area contributed by atoms with E-state index in [4.69, 9.17) is 4.74 Å². The molecule has 0 fully saturated rings. The van der Waals surface area contributed by atoms with Crippen molar-refractivity contribution in [3.05, 3.63) is 46.1 Å². The number of phenolic OH excluding ortho intramolecular Hbond substituents is 1. The third kappa shape index (κ3) is 5.46. The summed E-state index contributed by atoms with van der Waals surface area (Å²) in [6.07, 6.45) is 7.15. The zero-order chi connectivity index (χ0) is 25.2. The van der Waals surface area contributed by atoms with Crippen LogP contribution in [-0.4, -0.2) is 50.3 Å². The molecule has 2 aliphatic heterocycles. The lowest BCUT2D eigenvalue weighted by Crippen LogP contribution is -2.49. The number of carboxylic acid groups (broad SMARTS) is 1. The van der Waals surface area contributed by atoms with Crippen LogP contribution in [0.3, 0.4) is 0 Å². The van der Waals surface area contributed by atoms with Gasteiger partial charge in [0.2, 0.25) is 0 Å². The van der Waals surface area contributed by atoms with E-state index >= 15 is 0 Å². The summed E-state index contributed by atoms with van der Waals surface area (Å²) in [5.74, 6) is -1.61. The molecule has 0 radical (unpaired) electrons. The summed E-state index contributed by atoms with van der Waals surface area (Å²) < 4.78 is 6.35. The Hall–Kier alpha value is -2.80. The Morgan fingerprint density at radius 1 is 1.26 bits per heavy atom. The van der Waals surface area contributed by atoms with Crippen LogP contribution in [0, 0.1) is 5.92 Å². The molecule has 0 saturated heterocycles. The molecule has 1 amide bonds. The van der Waals surface area contributed by atoms with Crippen molar-refractivity contribution < 1.29 is 29.6 Å². The highest BCUT2D eigenvalue weighted by atomic mass is 16.5. The SMILES string of the molecule is CC(C)=CCC/C(C)=C/CC[C@]1(C)Oc2c(c(O)cc3c2CN(CC(C)C(=O)O)C3=O)C[C@@H]1O. The van der Waals surface area contributed by atoms with Crippen molar-refractivity contribution in [1.29, 1.82) is 0 Å². The fourth-order valence-electron chi connectivity index (χ4n) is 4.61. The van der Waals surface area contributed by atoms with Crippen LogP contribution in [0.4, 0.5) is 0 Å². The quantitative estimate of drug-likeness (QED) is 0.455. The summed E-state index contributed by atoms with van der Waals surface area (Å²) in [5.41, 5.74) is 3.22. The van der Waals surface area contributed by atoms with Gasteiger partial charge in [0.15, 0.2) is 0 Å². The maximum Gasteiger partial charge on any atom is 0.308 e. The standard InChI is InChI=1S/C27H37NO6/c1-16(2)8-6-9-17(3)10-7-11-27(5)23(30)13-20-22(29)12-19-21(24(20)34-27)15-28(25(19)31)14-18(4)26(32)33/h8,10,12,18,23,29-30H,6-7,9,11,13-15H2,1-5H3,(H,32,33)/b17-10+/t18?,23-,27-/m0/s1. The van der Waals surface area contributed by atoms with Gasteiger partial charge in [-0.25, -0.2) is 0 Å². The third-order valence-electron chi connectivity index (χ3n) is 6.91. The molecule has 3 N–H and O–H groups in total. The minimum Gasteiger partial charge on any atom is -0.508 e. The first-order valence-electron chi connectivity index (χ1n) is 12.0. The van der Waals surface area contributed by atoms with Gasteiger partial charge in [-0.1, -0.05) is 30.2 Å². The van der Waals surface area contributed by atoms with Crippen LogP contribution >= 0.6 is 0 Å². The van der Waals surface area contributed by atoms with Crippen molar-refractivity contribution in [3.8, 4) is 11.5 Å². The molecular weight excluding hydrogens is 434 g/mol. The van der Waals surface area contributed by atoms with Gasteiger partial charge in [-0.05, 0) is 59.4 Å². The van der Waals surface area contributed by atoms with E-state index < -0.39 is 23.6 Å². The molecule has 1 unspecified atom stereocenters. The number of aliphatic hydroxyl groups is 1. The predicted octanol–water partition coefficient (Wildman–Crippen LogP) is 4.60. The summed E-state index contributed by atoms with van der Waals surface area (Å²) in [6, 6.07) is 1.42. The molecule has 0 bridgehead atoms. The van der Waals surface area contributed by atoms with Gasteiger partial charge in [-0.15, -0.1) is 0 Å². The van der Waals surface area contributed by atoms with Gasteiger partial charge in [0.1, 0.15) is 17.1 Å². The number of benzene rings is 1. The number of aliphatic hydroxyl groups excluding tert-OH is 1. The zero-order valence-electron chi connectivity index (χ0n) is 20.9. The molecule has 0 spiro atoms. The Balaban J connectivity index is 1.78. The second kappa shape index (κ2) is 10.2. The van der Waals surface area contributed by atoms with E-state index in [2.05, 4.69) is 32.9 Å². The first kappa shape index (κ1) is 25.8. The molecule has 2 aliphatic rings. The van der Waals surface area contributed by atoms with Gasteiger partial charge in [0.05, 0.1) is 24.1 Å². The van der Waals surface area contributed by atoms with Crippen LogP contribution in [0.25, 0.3) is 0 Å². The van der Waals surface area contributed by atoms with E-state index in [0.717, 1.165) is 19.3 Å². The number of carbonyl (C=O) groups is 2. The number of allylic oxidation sites excluding steroid dienone is 4. The number of carbonyl (C=O) groups excluding carboxylic acids is 1. The minimum atomic E-state index is -0.968. The van der Waals surface area contributed by atoms with Crippen LogP contribution in [-0.2, 0) is 17.8 Å². The molecule has 2 heterocycles. The smallest absolute Gasteiger partial charge is 0.308 e. The highest BCUT2D eigenvalue weighted by molar-refractivity contribution is 6.00. The van der Waals surface area contributed by atoms with Gasteiger partial charge in [0.25, 0.3) is 5.91 Å². The van der Waals surface area contributed by atoms with Crippen molar-refractivity contribution in [1.82, 2.24) is 4.90 Å². The maximum absolute atomic E-state index is 12.9. The summed E-state index contributed by atoms with van der Waals surface area (Å²) in [4.78, 5) is 25.7. The second-order valence-corrected chi connectivity index (χ2v) is 10.2. The number of carboxylic acids is 1. The van der Waals surface area contributed by atoms with Crippen molar-refractivity contribution in [2.24, 2.45) is 5.92 Å². The first-order chi connectivity index (χ1) is 15.9. The fourth-order valence-corrected chi connectivity index (χ4v) is 4.61. The number of aromatic hydroxyl groups is 1. The number of aliphatic carboxylic acids is 1. The molecular formula is C27H37NO6. The molecule has 0 saturated carbocycles. The van der Waals surface area contributed by atoms with Gasteiger partial charge < -0.3 is 25.0 Å². The summed E-state index contributed by atoms with van der Waals surface area (Å²) in [7, 11) is 0. The highest BCUT2D eigenvalue weighted by Crippen LogP contribution is 2.46. The number of nitrogens with zero attached hydrogens (tertiary/aromatic N) is 1. The van der Waals surface area contributed by atoms with Gasteiger partial charge in [0, 0.05) is 24.1 Å². The number of phenols is 1. The summed E-state index contributed by atoms with van der Waals surface area (Å²) in [6.45, 7) is 10.0. The number of amides is 1. The third-order valence-corrected chi connectivity index (χ3v) is 6.91. The van der Waals surface area contributed by atoms with E-state index in [1.54, 1.807) is 6.92 Å². The van der Waals surface area contributed by atoms with Crippen molar-refractivity contribution in [3.63, 3.8) is 0 Å². The number of hydrogen-bond acceptors (Lipinski definition) is 5. The maximum atomic E-state index is 12.9. The molecule has 7 nitrogen and oxygen atoms in total. The number of fused-ring (bicyclic) bond motifs is 3. The van der Waals surface area contributed by atoms with Crippen LogP contribution < -0.4 is 4.74 Å². The van der Waals surface area contributed by atoms with Gasteiger partial charge in [-0.2, -0.15) is 0 Å². The second-order valence-electron chi connectivity index (χ2n) is 10.2. The molecule has 0 aliphatic carbocycles. The molecule has 1 aromatic rings. The Bertz CT molecular complexity index is 1020. The van der Waals surface area contributed by atoms with E-state index in [-0.39, 0.29) is 31.2 Å². The highest BCUT2D eigenvalue weighted by Gasteiger charge is 2.44. The van der Waals surface area contributed by atoms with Crippen LogP contribution in [0.2, 0.25) is 0 Å². The van der Waals surface area contributed by atoms with E-state index in [9.17, 15) is 24.9 Å². The number of hydrogen-bond donors (Lipinski definition) is 3.